The molecule has 0 bridgehead atoms. The fourth-order valence-electron chi connectivity index (χ4n) is 3.21. The van der Waals surface area contributed by atoms with Crippen molar-refractivity contribution in [2.75, 3.05) is 31.5 Å². The smallest absolute Gasteiger partial charge is 0.245 e. The van der Waals surface area contributed by atoms with Gasteiger partial charge in [0, 0.05) is 46.9 Å². The van der Waals surface area contributed by atoms with Crippen LogP contribution in [0, 0.1) is 0 Å². The van der Waals surface area contributed by atoms with E-state index in [1.165, 1.54) is 18.2 Å². The molecule has 0 aliphatic heterocycles. The summed E-state index contributed by atoms with van der Waals surface area (Å²) in [7, 11) is -3.97. The minimum absolute atomic E-state index is 0.0511. The zero-order valence-electron chi connectivity index (χ0n) is 17.8. The number of amides is 1. The van der Waals surface area contributed by atoms with E-state index in [1.54, 1.807) is 25.3 Å². The average Bonchev–Trinajstić information content (AvgIpc) is 2.78. The number of benzene rings is 2. The molecule has 3 aromatic rings. The van der Waals surface area contributed by atoms with Gasteiger partial charge in [0.15, 0.2) is 0 Å². The maximum Gasteiger partial charge on any atom is 0.245 e. The number of aromatic nitrogens is 1. The van der Waals surface area contributed by atoms with Crippen LogP contribution in [0.2, 0.25) is 15.1 Å². The second-order valence-electron chi connectivity index (χ2n) is 7.16. The van der Waals surface area contributed by atoms with Crippen LogP contribution in [0.4, 0.5) is 5.69 Å². The Labute approximate surface area is 208 Å². The van der Waals surface area contributed by atoms with E-state index in [0.29, 0.717) is 24.5 Å². The Bertz CT molecular complexity index is 1250. The Morgan fingerprint density at radius 3 is 2.52 bits per heavy atom. The molecule has 0 atom stereocenters. The summed E-state index contributed by atoms with van der Waals surface area (Å²) in [5, 5.41) is 7.95. The number of carbonyl (C=O) groups excluding carboxylic acids is 1. The summed E-state index contributed by atoms with van der Waals surface area (Å²) in [6.45, 7) is 2.44. The maximum absolute atomic E-state index is 12.9. The quantitative estimate of drug-likeness (QED) is 0.367. The van der Waals surface area contributed by atoms with Gasteiger partial charge in [0.05, 0.1) is 17.1 Å². The molecule has 1 amide bonds. The highest BCUT2D eigenvalue weighted by molar-refractivity contribution is 7.89. The lowest BCUT2D eigenvalue weighted by molar-refractivity contribution is -0.121. The Morgan fingerprint density at radius 2 is 1.76 bits per heavy atom. The van der Waals surface area contributed by atoms with Crippen molar-refractivity contribution < 1.29 is 13.2 Å². The van der Waals surface area contributed by atoms with Gasteiger partial charge in [-0.15, -0.1) is 0 Å². The van der Waals surface area contributed by atoms with Crippen LogP contribution < -0.4 is 10.6 Å². The van der Waals surface area contributed by atoms with Gasteiger partial charge in [-0.25, -0.2) is 8.42 Å². The predicted octanol–water partition coefficient (Wildman–Crippen LogP) is 4.82. The van der Waals surface area contributed by atoms with Gasteiger partial charge >= 0.3 is 0 Å². The Balaban J connectivity index is 1.51. The van der Waals surface area contributed by atoms with Crippen molar-refractivity contribution in [3.05, 3.63) is 63.7 Å². The van der Waals surface area contributed by atoms with Crippen LogP contribution in [0.25, 0.3) is 10.9 Å². The van der Waals surface area contributed by atoms with Crippen molar-refractivity contribution in [3.8, 4) is 0 Å². The third-order valence-electron chi connectivity index (χ3n) is 4.88. The Hall–Kier alpha value is -2.10. The first-order valence-electron chi connectivity index (χ1n) is 10.2. The second kappa shape index (κ2) is 11.4. The van der Waals surface area contributed by atoms with Gasteiger partial charge in [0.25, 0.3) is 0 Å². The first-order valence-corrected chi connectivity index (χ1v) is 12.8. The van der Waals surface area contributed by atoms with Crippen LogP contribution in [0.15, 0.2) is 53.6 Å². The van der Waals surface area contributed by atoms with E-state index in [0.717, 1.165) is 20.9 Å². The third-order valence-corrected chi connectivity index (χ3v) is 7.75. The molecule has 1 heterocycles. The Kier molecular flexibility index (Phi) is 8.78. The zero-order valence-corrected chi connectivity index (χ0v) is 20.9. The van der Waals surface area contributed by atoms with Crippen molar-refractivity contribution in [1.29, 1.82) is 0 Å². The number of nitrogens with zero attached hydrogens (tertiary/aromatic N) is 2. The van der Waals surface area contributed by atoms with Gasteiger partial charge in [-0.3, -0.25) is 9.78 Å². The van der Waals surface area contributed by atoms with Crippen molar-refractivity contribution in [3.63, 3.8) is 0 Å². The fraction of sp³-hybridized carbons (Fsp3) is 0.273. The van der Waals surface area contributed by atoms with Crippen molar-refractivity contribution >= 4 is 67.3 Å². The molecule has 2 N–H and O–H groups in total. The lowest BCUT2D eigenvalue weighted by Gasteiger charge is -2.21. The van der Waals surface area contributed by atoms with E-state index in [9.17, 15) is 13.2 Å². The van der Waals surface area contributed by atoms with Gasteiger partial charge in [0.2, 0.25) is 15.9 Å². The summed E-state index contributed by atoms with van der Waals surface area (Å²) in [5.74, 6) is -0.400. The van der Waals surface area contributed by atoms with Crippen LogP contribution in [0.5, 0.6) is 0 Å². The molecule has 176 valence electrons. The van der Waals surface area contributed by atoms with Crippen LogP contribution in [0.3, 0.4) is 0 Å². The molecule has 1 aromatic heterocycles. The van der Waals surface area contributed by atoms with Crippen molar-refractivity contribution in [2.45, 2.75) is 18.2 Å². The highest BCUT2D eigenvalue weighted by Crippen LogP contribution is 2.27. The van der Waals surface area contributed by atoms with E-state index in [4.69, 9.17) is 34.8 Å². The van der Waals surface area contributed by atoms with Crippen LogP contribution in [-0.2, 0) is 14.8 Å². The van der Waals surface area contributed by atoms with E-state index in [1.807, 2.05) is 12.1 Å². The molecule has 0 fully saturated rings. The molecule has 11 heteroatoms. The normalized spacial score (nSPS) is 11.7. The van der Waals surface area contributed by atoms with Gasteiger partial charge in [-0.1, -0.05) is 41.7 Å². The first-order chi connectivity index (χ1) is 15.7. The molecule has 0 spiro atoms. The first kappa shape index (κ1) is 25.5. The maximum atomic E-state index is 12.9. The van der Waals surface area contributed by atoms with Crippen molar-refractivity contribution in [2.24, 2.45) is 0 Å². The molecule has 3 rings (SSSR count). The van der Waals surface area contributed by atoms with Gasteiger partial charge in [-0.2, -0.15) is 4.31 Å². The zero-order chi connectivity index (χ0) is 24.0. The lowest BCUT2D eigenvalue weighted by atomic mass is 10.2. The lowest BCUT2D eigenvalue weighted by Crippen LogP contribution is -2.41. The number of nitrogens with one attached hydrogen (secondary N) is 2. The summed E-state index contributed by atoms with van der Waals surface area (Å²) >= 11 is 18.0. The number of likely N-dealkylation sites (N-methyl/N-ethyl adjacent to an activating group) is 1. The molecular weight excluding hydrogens is 507 g/mol. The topological polar surface area (TPSA) is 91.4 Å². The molecular formula is C22H23Cl3N4O3S. The van der Waals surface area contributed by atoms with E-state index >= 15 is 0 Å². The Morgan fingerprint density at radius 1 is 1.03 bits per heavy atom. The minimum atomic E-state index is -3.97. The SMILES string of the molecule is CCN(CC(=O)NCCCNc1ccnc2cc(Cl)ccc12)S(=O)(=O)c1cc(Cl)ccc1Cl. The standard InChI is InChI=1S/C22H23Cl3N4O3S/c1-2-29(33(31,32)21-13-16(24)5-7-18(21)25)14-22(30)28-10-3-9-26-19-8-11-27-20-12-15(23)4-6-17(19)20/h4-8,11-13H,2-3,9-10,14H2,1H3,(H,26,27)(H,28,30). The van der Waals surface area contributed by atoms with E-state index in [2.05, 4.69) is 15.6 Å². The van der Waals surface area contributed by atoms with E-state index < -0.39 is 15.9 Å². The molecule has 33 heavy (non-hydrogen) atoms. The summed E-state index contributed by atoms with van der Waals surface area (Å²) in [6.07, 6.45) is 2.34. The number of carbonyl (C=O) groups is 1. The van der Waals surface area contributed by atoms with Gasteiger partial charge in [0.1, 0.15) is 4.90 Å². The number of anilines is 1. The second-order valence-corrected chi connectivity index (χ2v) is 10.3. The summed E-state index contributed by atoms with van der Waals surface area (Å²) in [4.78, 5) is 16.5. The third kappa shape index (κ3) is 6.49. The molecule has 2 aromatic carbocycles. The number of hydrogen-bond donors (Lipinski definition) is 2. The number of rotatable bonds is 10. The van der Waals surface area contributed by atoms with Gasteiger partial charge in [-0.05, 0) is 48.9 Å². The van der Waals surface area contributed by atoms with Crippen LogP contribution in [-0.4, -0.2) is 49.8 Å². The number of pyridine rings is 1. The molecule has 0 radical (unpaired) electrons. The van der Waals surface area contributed by atoms with Crippen LogP contribution in [0.1, 0.15) is 13.3 Å². The highest BCUT2D eigenvalue weighted by Gasteiger charge is 2.27. The molecule has 0 saturated heterocycles. The van der Waals surface area contributed by atoms with Gasteiger partial charge < -0.3 is 10.6 Å². The summed E-state index contributed by atoms with van der Waals surface area (Å²) in [5.41, 5.74) is 1.71. The van der Waals surface area contributed by atoms with Crippen LogP contribution >= 0.6 is 34.8 Å². The minimum Gasteiger partial charge on any atom is -0.384 e. The highest BCUT2D eigenvalue weighted by atomic mass is 35.5. The summed E-state index contributed by atoms with van der Waals surface area (Å²) < 4.78 is 26.9. The molecule has 0 unspecified atom stereocenters. The fourth-order valence-corrected chi connectivity index (χ4v) is 5.52. The molecule has 0 saturated carbocycles. The predicted molar refractivity (Wildman–Crippen MR) is 134 cm³/mol. The van der Waals surface area contributed by atoms with Crippen molar-refractivity contribution in [1.82, 2.24) is 14.6 Å². The molecule has 7 nitrogen and oxygen atoms in total. The average molecular weight is 530 g/mol. The summed E-state index contributed by atoms with van der Waals surface area (Å²) in [6, 6.07) is 11.6. The monoisotopic (exact) mass is 528 g/mol. The number of hydrogen-bond acceptors (Lipinski definition) is 5. The molecule has 0 aliphatic rings. The molecule has 0 aliphatic carbocycles. The number of sulfonamides is 1. The van der Waals surface area contributed by atoms with E-state index in [-0.39, 0.29) is 28.0 Å². The number of halogens is 3. The number of fused-ring (bicyclic) bond motifs is 1. The largest absolute Gasteiger partial charge is 0.384 e.